The Balaban J connectivity index is 1.97. The lowest BCUT2D eigenvalue weighted by molar-refractivity contribution is -0.141. The van der Waals surface area contributed by atoms with Crippen molar-refractivity contribution >= 4 is 17.7 Å². The quantitative estimate of drug-likeness (QED) is 0.407. The van der Waals surface area contributed by atoms with Crippen LogP contribution in [0.15, 0.2) is 18.2 Å². The molecule has 1 N–H and O–H groups in total. The fourth-order valence-corrected chi connectivity index (χ4v) is 3.25. The molecular formula is C22H25F3N2O7. The highest BCUT2D eigenvalue weighted by Crippen LogP contribution is 2.38. The van der Waals surface area contributed by atoms with Crippen LogP contribution < -0.4 is 19.5 Å². The average molecular weight is 486 g/mol. The van der Waals surface area contributed by atoms with Crippen molar-refractivity contribution in [2.75, 3.05) is 34.5 Å². The van der Waals surface area contributed by atoms with Gasteiger partial charge >= 0.3 is 12.1 Å². The van der Waals surface area contributed by atoms with Crippen molar-refractivity contribution in [2.24, 2.45) is 0 Å². The van der Waals surface area contributed by atoms with E-state index in [4.69, 9.17) is 18.9 Å². The first kappa shape index (κ1) is 26.6. The van der Waals surface area contributed by atoms with E-state index in [-0.39, 0.29) is 39.8 Å². The maximum atomic E-state index is 12.7. The summed E-state index contributed by atoms with van der Waals surface area (Å²) in [6.45, 7) is 0.363. The predicted octanol–water partition coefficient (Wildman–Crippen LogP) is 2.85. The van der Waals surface area contributed by atoms with Crippen LogP contribution >= 0.6 is 0 Å². The Bertz CT molecular complexity index is 1050. The lowest BCUT2D eigenvalue weighted by Gasteiger charge is -2.14. The molecule has 2 rings (SSSR count). The molecule has 0 fully saturated rings. The Morgan fingerprint density at radius 1 is 0.971 bits per heavy atom. The van der Waals surface area contributed by atoms with Crippen molar-refractivity contribution in [3.8, 4) is 17.2 Å². The molecule has 0 saturated carbocycles. The minimum absolute atomic E-state index is 0.0241. The minimum atomic E-state index is -4.45. The minimum Gasteiger partial charge on any atom is -0.493 e. The molecule has 0 aliphatic rings. The summed E-state index contributed by atoms with van der Waals surface area (Å²) in [6.07, 6.45) is -4.45. The number of hydrogen-bond donors (Lipinski definition) is 1. The van der Waals surface area contributed by atoms with Crippen LogP contribution in [-0.4, -0.2) is 62.9 Å². The normalized spacial score (nSPS) is 11.1. The Morgan fingerprint density at radius 2 is 1.56 bits per heavy atom. The molecule has 1 aromatic carbocycles. The van der Waals surface area contributed by atoms with E-state index in [0.717, 1.165) is 4.57 Å². The number of aromatic nitrogens is 1. The van der Waals surface area contributed by atoms with Crippen molar-refractivity contribution in [3.05, 3.63) is 40.7 Å². The fraction of sp³-hybridized carbons (Fsp3) is 0.409. The van der Waals surface area contributed by atoms with E-state index in [1.165, 1.54) is 53.4 Å². The Kier molecular flexibility index (Phi) is 8.55. The van der Waals surface area contributed by atoms with E-state index in [2.05, 4.69) is 5.32 Å². The molecule has 1 amide bonds. The third-order valence-electron chi connectivity index (χ3n) is 4.90. The van der Waals surface area contributed by atoms with E-state index < -0.39 is 43.5 Å². The first-order valence-electron chi connectivity index (χ1n) is 9.92. The highest BCUT2D eigenvalue weighted by Gasteiger charge is 2.30. The van der Waals surface area contributed by atoms with Gasteiger partial charge in [0.15, 0.2) is 18.1 Å². The number of halogens is 3. The molecule has 0 saturated heterocycles. The standard InChI is InChI=1S/C22H25F3N2O7/c1-12-6-15(13(2)27(12)11-22(23,24)25)16(28)10-34-19(29)9-26-21(30)14-7-17(31-3)20(33-5)18(8-14)32-4/h6-8H,9-11H2,1-5H3,(H,26,30). The maximum Gasteiger partial charge on any atom is 0.406 e. The van der Waals surface area contributed by atoms with Crippen molar-refractivity contribution in [1.29, 1.82) is 0 Å². The van der Waals surface area contributed by atoms with E-state index in [1.807, 2.05) is 0 Å². The number of aryl methyl sites for hydroxylation is 1. The molecule has 34 heavy (non-hydrogen) atoms. The number of nitrogens with zero attached hydrogens (tertiary/aromatic N) is 1. The average Bonchev–Trinajstić information content (AvgIpc) is 3.06. The van der Waals surface area contributed by atoms with Crippen LogP contribution in [0.5, 0.6) is 17.2 Å². The van der Waals surface area contributed by atoms with Gasteiger partial charge in [0, 0.05) is 22.5 Å². The second-order valence-corrected chi connectivity index (χ2v) is 7.17. The van der Waals surface area contributed by atoms with Crippen molar-refractivity contribution in [3.63, 3.8) is 0 Å². The van der Waals surface area contributed by atoms with E-state index in [9.17, 15) is 27.6 Å². The van der Waals surface area contributed by atoms with Crippen LogP contribution in [-0.2, 0) is 16.1 Å². The summed E-state index contributed by atoms with van der Waals surface area (Å²) in [5, 5.41) is 2.35. The first-order chi connectivity index (χ1) is 15.9. The lowest BCUT2D eigenvalue weighted by Crippen LogP contribution is -2.31. The summed E-state index contributed by atoms with van der Waals surface area (Å²) in [5.74, 6) is -1.44. The molecular weight excluding hydrogens is 461 g/mol. The largest absolute Gasteiger partial charge is 0.493 e. The molecule has 0 unspecified atom stereocenters. The second-order valence-electron chi connectivity index (χ2n) is 7.17. The van der Waals surface area contributed by atoms with Gasteiger partial charge in [0.05, 0.1) is 21.3 Å². The van der Waals surface area contributed by atoms with E-state index in [0.29, 0.717) is 0 Å². The fourth-order valence-electron chi connectivity index (χ4n) is 3.25. The summed E-state index contributed by atoms with van der Waals surface area (Å²) >= 11 is 0. The number of Topliss-reactive ketones (excluding diaryl/α,β-unsaturated/α-hetero) is 1. The molecule has 0 radical (unpaired) electrons. The molecule has 0 aliphatic carbocycles. The van der Waals surface area contributed by atoms with Gasteiger partial charge in [-0.15, -0.1) is 0 Å². The number of ether oxygens (including phenoxy) is 4. The van der Waals surface area contributed by atoms with Crippen LogP contribution in [0, 0.1) is 13.8 Å². The molecule has 0 atom stereocenters. The molecule has 0 aliphatic heterocycles. The second kappa shape index (κ2) is 10.9. The highest BCUT2D eigenvalue weighted by molar-refractivity contribution is 6.00. The smallest absolute Gasteiger partial charge is 0.406 e. The zero-order valence-electron chi connectivity index (χ0n) is 19.3. The Labute approximate surface area is 193 Å². The number of carbonyl (C=O) groups is 3. The van der Waals surface area contributed by atoms with E-state index >= 15 is 0 Å². The highest BCUT2D eigenvalue weighted by atomic mass is 19.4. The number of nitrogens with one attached hydrogen (secondary N) is 1. The topological polar surface area (TPSA) is 105 Å². The van der Waals surface area contributed by atoms with Gasteiger partial charge in [0.2, 0.25) is 11.5 Å². The molecule has 1 aromatic heterocycles. The third kappa shape index (κ3) is 6.42. The molecule has 12 heteroatoms. The van der Waals surface area contributed by atoms with Gasteiger partial charge in [0.1, 0.15) is 13.1 Å². The van der Waals surface area contributed by atoms with Crippen molar-refractivity contribution < 1.29 is 46.5 Å². The number of rotatable bonds is 10. The number of amides is 1. The maximum absolute atomic E-state index is 12.7. The number of ketones is 1. The molecule has 9 nitrogen and oxygen atoms in total. The van der Waals surface area contributed by atoms with Crippen LogP contribution in [0.4, 0.5) is 13.2 Å². The summed E-state index contributed by atoms with van der Waals surface area (Å²) in [4.78, 5) is 36.8. The molecule has 186 valence electrons. The van der Waals surface area contributed by atoms with Gasteiger partial charge in [-0.05, 0) is 32.0 Å². The monoisotopic (exact) mass is 486 g/mol. The lowest BCUT2D eigenvalue weighted by atomic mass is 10.1. The van der Waals surface area contributed by atoms with Crippen LogP contribution in [0.3, 0.4) is 0 Å². The number of alkyl halides is 3. The molecule has 0 spiro atoms. The van der Waals surface area contributed by atoms with Crippen molar-refractivity contribution in [1.82, 2.24) is 9.88 Å². The summed E-state index contributed by atoms with van der Waals surface area (Å²) in [5.41, 5.74) is 0.514. The number of hydrogen-bond acceptors (Lipinski definition) is 7. The van der Waals surface area contributed by atoms with Gasteiger partial charge in [-0.1, -0.05) is 0 Å². The Hall–Kier alpha value is -3.70. The predicted molar refractivity (Wildman–Crippen MR) is 114 cm³/mol. The van der Waals surface area contributed by atoms with Gasteiger partial charge in [0.25, 0.3) is 5.91 Å². The zero-order chi connectivity index (χ0) is 25.6. The summed E-state index contributed by atoms with van der Waals surface area (Å²) in [6, 6.07) is 4.09. The van der Waals surface area contributed by atoms with Crippen LogP contribution in [0.2, 0.25) is 0 Å². The van der Waals surface area contributed by atoms with Gasteiger partial charge in [-0.25, -0.2) is 0 Å². The SMILES string of the molecule is COc1cc(C(=O)NCC(=O)OCC(=O)c2cc(C)n(CC(F)(F)F)c2C)cc(OC)c1OC. The van der Waals surface area contributed by atoms with Crippen LogP contribution in [0.1, 0.15) is 32.1 Å². The van der Waals surface area contributed by atoms with Gasteiger partial charge in [-0.3, -0.25) is 14.4 Å². The number of methoxy groups -OCH3 is 3. The number of benzene rings is 1. The molecule has 0 bridgehead atoms. The number of esters is 1. The molecule has 2 aromatic rings. The van der Waals surface area contributed by atoms with Gasteiger partial charge in [-0.2, -0.15) is 13.2 Å². The zero-order valence-corrected chi connectivity index (χ0v) is 19.3. The van der Waals surface area contributed by atoms with Gasteiger partial charge < -0.3 is 28.8 Å². The van der Waals surface area contributed by atoms with Crippen LogP contribution in [0.25, 0.3) is 0 Å². The number of carbonyl (C=O) groups excluding carboxylic acids is 3. The third-order valence-corrected chi connectivity index (χ3v) is 4.90. The Morgan fingerprint density at radius 3 is 2.06 bits per heavy atom. The summed E-state index contributed by atoms with van der Waals surface area (Å²) in [7, 11) is 4.17. The van der Waals surface area contributed by atoms with Crippen molar-refractivity contribution in [2.45, 2.75) is 26.6 Å². The molecule has 1 heterocycles. The summed E-state index contributed by atoms with van der Waals surface area (Å²) < 4.78 is 59.5. The first-order valence-corrected chi connectivity index (χ1v) is 9.92. The van der Waals surface area contributed by atoms with E-state index in [1.54, 1.807) is 0 Å².